The van der Waals surface area contributed by atoms with E-state index < -0.39 is 0 Å². The van der Waals surface area contributed by atoms with Gasteiger partial charge in [-0.15, -0.1) is 18.5 Å². The van der Waals surface area contributed by atoms with Gasteiger partial charge in [0.05, 0.1) is 0 Å². The van der Waals surface area contributed by atoms with Gasteiger partial charge >= 0.3 is 0 Å². The number of hydrogen-bond donors (Lipinski definition) is 0. The van der Waals surface area contributed by atoms with Crippen molar-refractivity contribution >= 4 is 18.5 Å². The Balaban J connectivity index is 5.38. The van der Waals surface area contributed by atoms with E-state index in [0.29, 0.717) is 0 Å². The Bertz CT molecular complexity index is 314. The Morgan fingerprint density at radius 1 is 0.435 bits per heavy atom. The van der Waals surface area contributed by atoms with E-state index in [-0.39, 0.29) is 32.0 Å². The predicted molar refractivity (Wildman–Crippen MR) is 117 cm³/mol. The maximum absolute atomic E-state index is 3.25. The minimum absolute atomic E-state index is 0.251. The highest BCUT2D eigenvalue weighted by molar-refractivity contribution is 7.19. The maximum Gasteiger partial charge on any atom is -0.00536 e. The van der Waals surface area contributed by atoms with Crippen LogP contribution in [0.4, 0.5) is 0 Å². The summed E-state index contributed by atoms with van der Waals surface area (Å²) < 4.78 is 0. The van der Waals surface area contributed by atoms with E-state index in [0.717, 1.165) is 0 Å². The largest absolute Gasteiger partial charge is 0.130 e. The summed E-state index contributed by atoms with van der Waals surface area (Å²) in [6.07, 6.45) is 3.79. The molecule has 23 heavy (non-hydrogen) atoms. The zero-order valence-electron chi connectivity index (χ0n) is 18.3. The van der Waals surface area contributed by atoms with Crippen LogP contribution >= 0.6 is 18.5 Å². The first-order chi connectivity index (χ1) is 9.71. The second kappa shape index (κ2) is 6.88. The molecule has 0 amide bonds. The third-order valence-corrected chi connectivity index (χ3v) is 10.5. The van der Waals surface area contributed by atoms with Crippen molar-refractivity contribution in [3.05, 3.63) is 0 Å². The van der Waals surface area contributed by atoms with Gasteiger partial charge in [-0.25, -0.2) is 0 Å². The molecule has 2 unspecified atom stereocenters. The van der Waals surface area contributed by atoms with Gasteiger partial charge in [-0.3, -0.25) is 0 Å². The molecule has 0 bridgehead atoms. The molecule has 2 atom stereocenters. The molecule has 0 N–H and O–H groups in total. The van der Waals surface area contributed by atoms with E-state index in [9.17, 15) is 0 Å². The van der Waals surface area contributed by atoms with Crippen molar-refractivity contribution < 1.29 is 0 Å². The lowest BCUT2D eigenvalue weighted by Gasteiger charge is -2.54. The fourth-order valence-electron chi connectivity index (χ4n) is 4.40. The summed E-state index contributed by atoms with van der Waals surface area (Å²) in [6.45, 7) is 28.7. The van der Waals surface area contributed by atoms with Crippen LogP contribution in [0.5, 0.6) is 0 Å². The molecule has 0 aromatic carbocycles. The molecular formula is C21H46P2. The van der Waals surface area contributed by atoms with E-state index in [1.165, 1.54) is 19.3 Å². The van der Waals surface area contributed by atoms with Crippen molar-refractivity contribution in [2.24, 2.45) is 21.7 Å². The molecule has 2 heteroatoms. The average Bonchev–Trinajstić information content (AvgIpc) is 2.22. The lowest BCUT2D eigenvalue weighted by molar-refractivity contribution is 0.103. The van der Waals surface area contributed by atoms with Gasteiger partial charge in [-0.05, 0) is 44.8 Å². The van der Waals surface area contributed by atoms with Crippen LogP contribution in [0.25, 0.3) is 0 Å². The fraction of sp³-hybridized carbons (Fsp3) is 1.00. The summed E-state index contributed by atoms with van der Waals surface area (Å²) in [5, 5.41) is 0.503. The first-order valence-electron chi connectivity index (χ1n) is 9.28. The quantitative estimate of drug-likeness (QED) is 0.453. The summed E-state index contributed by atoms with van der Waals surface area (Å²) in [7, 11) is 6.51. The second-order valence-corrected chi connectivity index (χ2v) is 13.8. The molecule has 0 fully saturated rings. The highest BCUT2D eigenvalue weighted by Crippen LogP contribution is 2.57. The van der Waals surface area contributed by atoms with Crippen LogP contribution in [0.3, 0.4) is 0 Å². The molecule has 0 saturated carbocycles. The van der Waals surface area contributed by atoms with Crippen molar-refractivity contribution in [3.63, 3.8) is 0 Å². The Hall–Kier alpha value is 0.860. The third-order valence-electron chi connectivity index (χ3n) is 6.50. The summed E-state index contributed by atoms with van der Waals surface area (Å²) in [6, 6.07) is 0. The molecule has 0 aromatic rings. The van der Waals surface area contributed by atoms with Gasteiger partial charge in [0.15, 0.2) is 0 Å². The maximum atomic E-state index is 3.25. The minimum atomic E-state index is 0.251. The van der Waals surface area contributed by atoms with Crippen molar-refractivity contribution in [1.29, 1.82) is 0 Å². The van der Waals surface area contributed by atoms with E-state index in [4.69, 9.17) is 0 Å². The van der Waals surface area contributed by atoms with Gasteiger partial charge in [-0.2, -0.15) is 0 Å². The van der Waals surface area contributed by atoms with E-state index in [1.807, 2.05) is 0 Å². The average molecular weight is 361 g/mol. The van der Waals surface area contributed by atoms with Gasteiger partial charge in [0, 0.05) is 0 Å². The van der Waals surface area contributed by atoms with Crippen LogP contribution in [-0.2, 0) is 0 Å². The van der Waals surface area contributed by atoms with Crippen LogP contribution in [0.2, 0.25) is 0 Å². The third kappa shape index (κ3) is 4.94. The smallest absolute Gasteiger partial charge is 0.00536 e. The van der Waals surface area contributed by atoms with Crippen molar-refractivity contribution in [3.8, 4) is 0 Å². The Morgan fingerprint density at radius 3 is 0.739 bits per heavy atom. The number of rotatable bonds is 4. The lowest BCUT2D eigenvalue weighted by atomic mass is 9.61. The summed E-state index contributed by atoms with van der Waals surface area (Å²) in [4.78, 5) is 0. The zero-order chi connectivity index (χ0) is 19.1. The molecule has 140 valence electrons. The van der Waals surface area contributed by atoms with Crippen LogP contribution in [0.1, 0.15) is 102 Å². The highest BCUT2D eigenvalue weighted by Gasteiger charge is 2.49. The van der Waals surface area contributed by atoms with Crippen molar-refractivity contribution in [2.45, 2.75) is 113 Å². The second-order valence-electron chi connectivity index (χ2n) is 11.8. The summed E-state index contributed by atoms with van der Waals surface area (Å²) in [5.41, 5.74) is 1.12. The summed E-state index contributed by atoms with van der Waals surface area (Å²) in [5.74, 6) is 0. The van der Waals surface area contributed by atoms with Gasteiger partial charge < -0.3 is 0 Å². The van der Waals surface area contributed by atoms with Gasteiger partial charge in [0.2, 0.25) is 0 Å². The van der Waals surface area contributed by atoms with Crippen molar-refractivity contribution in [2.75, 3.05) is 0 Å². The molecule has 0 aromatic heterocycles. The zero-order valence-corrected chi connectivity index (χ0v) is 20.6. The molecular weight excluding hydrogens is 314 g/mol. The first kappa shape index (κ1) is 23.9. The van der Waals surface area contributed by atoms with Crippen LogP contribution in [0, 0.1) is 21.7 Å². The van der Waals surface area contributed by atoms with E-state index in [2.05, 4.69) is 102 Å². The van der Waals surface area contributed by atoms with E-state index in [1.54, 1.807) is 0 Å². The molecule has 0 radical (unpaired) electrons. The van der Waals surface area contributed by atoms with Crippen LogP contribution < -0.4 is 0 Å². The molecule has 0 aliphatic carbocycles. The van der Waals surface area contributed by atoms with Crippen LogP contribution in [0.15, 0.2) is 0 Å². The SMILES string of the molecule is CC(C)(C)C(P)(CCCC(P)(C(C)(C)C)C(C)(C)C)C(C)(C)C. The molecule has 0 nitrogen and oxygen atoms in total. The Morgan fingerprint density at radius 2 is 0.609 bits per heavy atom. The Labute approximate surface area is 153 Å². The molecule has 0 rings (SSSR count). The van der Waals surface area contributed by atoms with Crippen LogP contribution in [-0.4, -0.2) is 10.3 Å². The first-order valence-corrected chi connectivity index (χ1v) is 10.4. The van der Waals surface area contributed by atoms with Gasteiger partial charge in [0.1, 0.15) is 0 Å². The molecule has 0 heterocycles. The van der Waals surface area contributed by atoms with Gasteiger partial charge in [0.25, 0.3) is 0 Å². The Kier molecular flexibility index (Phi) is 7.13. The van der Waals surface area contributed by atoms with Crippen molar-refractivity contribution in [1.82, 2.24) is 0 Å². The number of hydrogen-bond acceptors (Lipinski definition) is 0. The molecule has 0 aliphatic heterocycles. The monoisotopic (exact) mass is 360 g/mol. The predicted octanol–water partition coefficient (Wildman–Crippen LogP) is 7.57. The normalized spacial score (nSPS) is 15.9. The minimum Gasteiger partial charge on any atom is -0.130 e. The fourth-order valence-corrected chi connectivity index (χ4v) is 4.80. The topological polar surface area (TPSA) is 0 Å². The highest BCUT2D eigenvalue weighted by atomic mass is 31.0. The lowest BCUT2D eigenvalue weighted by Crippen LogP contribution is -2.50. The van der Waals surface area contributed by atoms with E-state index >= 15 is 0 Å². The molecule has 0 spiro atoms. The molecule has 0 aliphatic rings. The molecule has 0 saturated heterocycles. The summed E-state index contributed by atoms with van der Waals surface area (Å²) >= 11 is 0. The van der Waals surface area contributed by atoms with Gasteiger partial charge in [-0.1, -0.05) is 89.5 Å². The standard InChI is InChI=1S/C21H46P2/c1-16(2,3)20(22,17(4,5)6)14-13-15-21(23,18(7,8)9)19(10,11)12/h13-15,22-23H2,1-12H3.